The Bertz CT molecular complexity index is 1250. The third kappa shape index (κ3) is 4.23. The van der Waals surface area contributed by atoms with Gasteiger partial charge in [0.05, 0.1) is 11.7 Å². The Morgan fingerprint density at radius 2 is 1.97 bits per heavy atom. The Morgan fingerprint density at radius 3 is 2.67 bits per heavy atom. The molecule has 174 valence electrons. The van der Waals surface area contributed by atoms with Crippen molar-refractivity contribution in [1.82, 2.24) is 14.6 Å². The number of esters is 1. The first-order valence-electron chi connectivity index (χ1n) is 11.2. The van der Waals surface area contributed by atoms with Gasteiger partial charge in [0.25, 0.3) is 12.3 Å². The molecular weight excluding hydrogens is 450 g/mol. The number of hydrogen-bond acceptors (Lipinski definition) is 6. The van der Waals surface area contributed by atoms with E-state index in [0.29, 0.717) is 16.3 Å². The van der Waals surface area contributed by atoms with Crippen molar-refractivity contribution in [2.45, 2.75) is 70.8 Å². The number of rotatable bonds is 6. The first kappa shape index (κ1) is 21.9. The molecule has 2 aliphatic rings. The van der Waals surface area contributed by atoms with E-state index < -0.39 is 18.3 Å². The van der Waals surface area contributed by atoms with Crippen LogP contribution in [0.5, 0.6) is 0 Å². The predicted octanol–water partition coefficient (Wildman–Crippen LogP) is 5.30. The van der Waals surface area contributed by atoms with Crippen LogP contribution in [0.3, 0.4) is 0 Å². The molecule has 0 unspecified atom stereocenters. The van der Waals surface area contributed by atoms with E-state index in [-0.39, 0.29) is 29.1 Å². The third-order valence-electron chi connectivity index (χ3n) is 5.87. The average Bonchev–Trinajstić information content (AvgIpc) is 3.41. The third-order valence-corrected chi connectivity index (χ3v) is 7.08. The average molecular weight is 475 g/mol. The molecule has 1 amide bonds. The molecule has 2 aliphatic carbocycles. The van der Waals surface area contributed by atoms with Gasteiger partial charge in [0.15, 0.2) is 11.3 Å². The van der Waals surface area contributed by atoms with E-state index in [1.54, 1.807) is 13.8 Å². The van der Waals surface area contributed by atoms with Gasteiger partial charge in [-0.15, -0.1) is 11.3 Å². The van der Waals surface area contributed by atoms with E-state index in [4.69, 9.17) is 4.74 Å². The molecule has 0 atom stereocenters. The van der Waals surface area contributed by atoms with E-state index in [0.717, 1.165) is 53.5 Å². The van der Waals surface area contributed by atoms with Crippen LogP contribution >= 0.6 is 11.3 Å². The van der Waals surface area contributed by atoms with E-state index in [9.17, 15) is 18.4 Å². The largest absolute Gasteiger partial charge is 0.459 e. The van der Waals surface area contributed by atoms with Crippen LogP contribution in [0, 0.1) is 0 Å². The van der Waals surface area contributed by atoms with Gasteiger partial charge >= 0.3 is 5.97 Å². The predicted molar refractivity (Wildman–Crippen MR) is 119 cm³/mol. The van der Waals surface area contributed by atoms with Crippen molar-refractivity contribution in [3.63, 3.8) is 0 Å². The van der Waals surface area contributed by atoms with E-state index >= 15 is 0 Å². The van der Waals surface area contributed by atoms with Gasteiger partial charge in [-0.25, -0.2) is 23.1 Å². The first-order chi connectivity index (χ1) is 15.8. The highest BCUT2D eigenvalue weighted by molar-refractivity contribution is 7.17. The normalized spacial score (nSPS) is 15.8. The van der Waals surface area contributed by atoms with Crippen LogP contribution in [0.2, 0.25) is 0 Å². The summed E-state index contributed by atoms with van der Waals surface area (Å²) in [5, 5.41) is 7.30. The van der Waals surface area contributed by atoms with Crippen molar-refractivity contribution in [2.75, 3.05) is 5.32 Å². The Labute approximate surface area is 193 Å². The number of thiophene rings is 1. The minimum Gasteiger partial charge on any atom is -0.459 e. The number of carbonyl (C=O) groups excluding carboxylic acids is 2. The van der Waals surface area contributed by atoms with Gasteiger partial charge in [-0.3, -0.25) is 4.79 Å². The number of hydrogen-bond donors (Lipinski definition) is 1. The number of anilines is 1. The lowest BCUT2D eigenvalue weighted by Gasteiger charge is -2.14. The molecule has 0 bridgehead atoms. The molecule has 0 saturated heterocycles. The van der Waals surface area contributed by atoms with Gasteiger partial charge < -0.3 is 10.1 Å². The Balaban J connectivity index is 1.49. The zero-order valence-electron chi connectivity index (χ0n) is 18.4. The van der Waals surface area contributed by atoms with E-state index in [1.165, 1.54) is 23.5 Å². The van der Waals surface area contributed by atoms with Crippen LogP contribution in [-0.2, 0) is 17.6 Å². The van der Waals surface area contributed by atoms with Crippen molar-refractivity contribution >= 4 is 33.9 Å². The van der Waals surface area contributed by atoms with Crippen molar-refractivity contribution in [3.05, 3.63) is 45.2 Å². The number of aryl methyl sites for hydroxylation is 1. The summed E-state index contributed by atoms with van der Waals surface area (Å²) in [5.74, 6) is -0.858. The zero-order chi connectivity index (χ0) is 23.3. The Morgan fingerprint density at radius 1 is 1.21 bits per heavy atom. The molecule has 1 N–H and O–H groups in total. The second-order valence-corrected chi connectivity index (χ2v) is 9.91. The lowest BCUT2D eigenvalue weighted by molar-refractivity contribution is 0.0378. The van der Waals surface area contributed by atoms with Gasteiger partial charge in [0, 0.05) is 22.6 Å². The summed E-state index contributed by atoms with van der Waals surface area (Å²) < 4.78 is 33.8. The molecule has 0 spiro atoms. The summed E-state index contributed by atoms with van der Waals surface area (Å²) >= 11 is 1.37. The fourth-order valence-electron chi connectivity index (χ4n) is 4.18. The monoisotopic (exact) mass is 474 g/mol. The maximum absolute atomic E-state index is 13.7. The summed E-state index contributed by atoms with van der Waals surface area (Å²) in [6, 6.07) is 2.78. The standard InChI is InChI=1S/C23H24F2N4O3S/c1-11(2)32-23(31)19-13-5-3-4-6-17(13)33-22(19)27-21(30)15-10-18-26-14(12-7-8-12)9-16(20(24)25)29(18)28-15/h9-12,20H,3-8H2,1-2H3,(H,27,30). The molecule has 7 nitrogen and oxygen atoms in total. The van der Waals surface area contributed by atoms with Crippen molar-refractivity contribution in [3.8, 4) is 0 Å². The number of alkyl halides is 2. The molecule has 3 aromatic rings. The second-order valence-electron chi connectivity index (χ2n) is 8.80. The molecule has 0 radical (unpaired) electrons. The van der Waals surface area contributed by atoms with Gasteiger partial charge in [0.1, 0.15) is 10.7 Å². The molecule has 0 aromatic carbocycles. The number of aromatic nitrogens is 3. The van der Waals surface area contributed by atoms with Gasteiger partial charge in [-0.1, -0.05) is 0 Å². The van der Waals surface area contributed by atoms with Crippen LogP contribution in [0.1, 0.15) is 94.5 Å². The maximum Gasteiger partial charge on any atom is 0.341 e. The lowest BCUT2D eigenvalue weighted by Crippen LogP contribution is -2.18. The van der Waals surface area contributed by atoms with Gasteiger partial charge in [-0.05, 0) is 64.0 Å². The number of nitrogens with zero attached hydrogens (tertiary/aromatic N) is 3. The van der Waals surface area contributed by atoms with Gasteiger partial charge in [-0.2, -0.15) is 5.10 Å². The smallest absolute Gasteiger partial charge is 0.341 e. The summed E-state index contributed by atoms with van der Waals surface area (Å²) in [4.78, 5) is 31.4. The number of nitrogens with one attached hydrogen (secondary N) is 1. The highest BCUT2D eigenvalue weighted by Gasteiger charge is 2.30. The Hall–Kier alpha value is -2.88. The lowest BCUT2D eigenvalue weighted by atomic mass is 9.95. The fourth-order valence-corrected chi connectivity index (χ4v) is 5.46. The van der Waals surface area contributed by atoms with Crippen LogP contribution < -0.4 is 5.32 Å². The Kier molecular flexibility index (Phi) is 5.64. The number of carbonyl (C=O) groups is 2. The van der Waals surface area contributed by atoms with Crippen LogP contribution in [0.25, 0.3) is 5.65 Å². The number of amides is 1. The first-order valence-corrected chi connectivity index (χ1v) is 12.0. The summed E-state index contributed by atoms with van der Waals surface area (Å²) in [6.45, 7) is 3.55. The number of fused-ring (bicyclic) bond motifs is 2. The minimum absolute atomic E-state index is 0.0353. The quantitative estimate of drug-likeness (QED) is 0.490. The molecule has 10 heteroatoms. The topological polar surface area (TPSA) is 85.6 Å². The molecule has 3 aromatic heterocycles. The van der Waals surface area contributed by atoms with E-state index in [2.05, 4.69) is 15.4 Å². The minimum atomic E-state index is -2.75. The molecule has 1 fully saturated rings. The molecule has 33 heavy (non-hydrogen) atoms. The van der Waals surface area contributed by atoms with Crippen molar-refractivity contribution in [2.24, 2.45) is 0 Å². The maximum atomic E-state index is 13.7. The van der Waals surface area contributed by atoms with Crippen LogP contribution in [-0.4, -0.2) is 32.6 Å². The zero-order valence-corrected chi connectivity index (χ0v) is 19.2. The molecule has 0 aliphatic heterocycles. The summed E-state index contributed by atoms with van der Waals surface area (Å²) in [7, 11) is 0. The number of ether oxygens (including phenoxy) is 1. The number of halogens is 2. The molecule has 3 heterocycles. The second kappa shape index (κ2) is 8.48. The highest BCUT2D eigenvalue weighted by atomic mass is 32.1. The summed E-state index contributed by atoms with van der Waals surface area (Å²) in [5.41, 5.74) is 1.82. The highest BCUT2D eigenvalue weighted by Crippen LogP contribution is 2.41. The van der Waals surface area contributed by atoms with E-state index in [1.807, 2.05) is 0 Å². The van der Waals surface area contributed by atoms with Crippen molar-refractivity contribution in [1.29, 1.82) is 0 Å². The molecular formula is C23H24F2N4O3S. The molecule has 1 saturated carbocycles. The fraction of sp³-hybridized carbons (Fsp3) is 0.478. The van der Waals surface area contributed by atoms with Crippen LogP contribution in [0.15, 0.2) is 12.1 Å². The summed E-state index contributed by atoms with van der Waals surface area (Å²) in [6.07, 6.45) is 2.40. The van der Waals surface area contributed by atoms with Crippen molar-refractivity contribution < 1.29 is 23.1 Å². The SMILES string of the molecule is CC(C)OC(=O)c1c(NC(=O)c2cc3nc(C4CC4)cc(C(F)F)n3n2)sc2c1CCCC2. The van der Waals surface area contributed by atoms with Crippen LogP contribution in [0.4, 0.5) is 13.8 Å². The van der Waals surface area contributed by atoms with Gasteiger partial charge in [0.2, 0.25) is 0 Å². The molecule has 5 rings (SSSR count).